The highest BCUT2D eigenvalue weighted by Crippen LogP contribution is 2.22. The summed E-state index contributed by atoms with van der Waals surface area (Å²) in [6.45, 7) is 11.1. The lowest BCUT2D eigenvalue weighted by molar-refractivity contribution is 0.571. The van der Waals surface area contributed by atoms with Gasteiger partial charge in [-0.05, 0) is 25.8 Å². The minimum absolute atomic E-state index is 0.0485. The van der Waals surface area contributed by atoms with Crippen molar-refractivity contribution in [1.29, 1.82) is 0 Å². The van der Waals surface area contributed by atoms with Crippen LogP contribution in [-0.4, -0.2) is 26.7 Å². The molecule has 2 aromatic heterocycles. The minimum Gasteiger partial charge on any atom is -0.401 e. The fourth-order valence-electron chi connectivity index (χ4n) is 2.27. The van der Waals surface area contributed by atoms with Crippen molar-refractivity contribution < 1.29 is 0 Å². The molecule has 0 aromatic carbocycles. The van der Waals surface area contributed by atoms with E-state index in [4.69, 9.17) is 5.73 Å². The molecule has 0 fully saturated rings. The molecule has 0 saturated carbocycles. The first-order chi connectivity index (χ1) is 11.6. The first-order valence-corrected chi connectivity index (χ1v) is 7.66. The van der Waals surface area contributed by atoms with E-state index in [1.165, 1.54) is 12.2 Å². The molecule has 0 aliphatic rings. The van der Waals surface area contributed by atoms with Gasteiger partial charge in [0.05, 0.1) is 17.7 Å². The number of rotatable bonds is 3. The van der Waals surface area contributed by atoms with Crippen LogP contribution in [0.25, 0.3) is 12.2 Å². The van der Waals surface area contributed by atoms with Gasteiger partial charge in [0.2, 0.25) is 0 Å². The molecule has 0 spiro atoms. The number of aromatic amines is 3. The molecule has 8 nitrogen and oxygen atoms in total. The maximum absolute atomic E-state index is 12.3. The second-order valence-electron chi connectivity index (χ2n) is 6.66. The van der Waals surface area contributed by atoms with Gasteiger partial charge in [-0.2, -0.15) is 0 Å². The Balaban J connectivity index is 2.68. The molecule has 0 unspecified atom stereocenters. The summed E-state index contributed by atoms with van der Waals surface area (Å²) in [5, 5.41) is 0.161. The fraction of sp³-hybridized carbons (Fsp3) is 0.294. The molecule has 0 saturated heterocycles. The number of nitrogens with zero attached hydrogens (tertiary/aromatic N) is 2. The quantitative estimate of drug-likeness (QED) is 0.564. The Hall–Kier alpha value is -3.16. The highest BCUT2D eigenvalue weighted by atomic mass is 16.1. The number of H-pyrrole nitrogens is 3. The lowest BCUT2D eigenvalue weighted by Gasteiger charge is -2.16. The molecule has 0 aliphatic carbocycles. The number of aromatic nitrogens is 4. The van der Waals surface area contributed by atoms with Gasteiger partial charge in [-0.3, -0.25) is 14.6 Å². The first kappa shape index (κ1) is 18.2. The van der Waals surface area contributed by atoms with Crippen molar-refractivity contribution in [3.05, 3.63) is 60.5 Å². The predicted octanol–water partition coefficient (Wildman–Crippen LogP) is -0.416. The molecule has 132 valence electrons. The number of nitrogens with two attached hydrogens (primary N) is 1. The molecule has 0 amide bonds. The van der Waals surface area contributed by atoms with Gasteiger partial charge in [0.15, 0.2) is 0 Å². The van der Waals surface area contributed by atoms with Crippen LogP contribution in [0.15, 0.2) is 32.3 Å². The zero-order valence-corrected chi connectivity index (χ0v) is 14.7. The van der Waals surface area contributed by atoms with Gasteiger partial charge in [0.1, 0.15) is 10.7 Å². The molecule has 0 radical (unpaired) electrons. The first-order valence-electron chi connectivity index (χ1n) is 7.66. The van der Waals surface area contributed by atoms with Crippen LogP contribution in [0.2, 0.25) is 0 Å². The lowest BCUT2D eigenvalue weighted by atomic mass is 9.90. The Morgan fingerprint density at radius 3 is 2.40 bits per heavy atom. The molecule has 2 aromatic rings. The van der Waals surface area contributed by atoms with Crippen molar-refractivity contribution in [1.82, 2.24) is 19.9 Å². The van der Waals surface area contributed by atoms with Crippen LogP contribution in [0.1, 0.15) is 39.1 Å². The summed E-state index contributed by atoms with van der Waals surface area (Å²) in [5.74, 6) is 0. The van der Waals surface area contributed by atoms with Gasteiger partial charge in [0, 0.05) is 16.8 Å². The maximum Gasteiger partial charge on any atom is 0.272 e. The minimum atomic E-state index is -0.471. The number of hydrogen-bond acceptors (Lipinski definition) is 5. The average molecular weight is 342 g/mol. The summed E-state index contributed by atoms with van der Waals surface area (Å²) >= 11 is 0. The molecular weight excluding hydrogens is 320 g/mol. The number of nitrogens with one attached hydrogen (secondary N) is 3. The van der Waals surface area contributed by atoms with E-state index < -0.39 is 11.1 Å². The fourth-order valence-corrected chi connectivity index (χ4v) is 2.27. The Morgan fingerprint density at radius 1 is 1.24 bits per heavy atom. The third-order valence-corrected chi connectivity index (χ3v) is 3.54. The number of aliphatic imine (C=N–C) groups is 1. The van der Waals surface area contributed by atoms with E-state index >= 15 is 0 Å². The van der Waals surface area contributed by atoms with E-state index in [0.29, 0.717) is 17.1 Å². The summed E-state index contributed by atoms with van der Waals surface area (Å²) in [4.78, 5) is 40.7. The smallest absolute Gasteiger partial charge is 0.272 e. The van der Waals surface area contributed by atoms with Crippen molar-refractivity contribution in [2.75, 3.05) is 0 Å². The molecule has 0 aliphatic heterocycles. The molecule has 0 atom stereocenters. The molecule has 0 bridgehead atoms. The van der Waals surface area contributed by atoms with Gasteiger partial charge in [-0.1, -0.05) is 20.8 Å². The Bertz CT molecular complexity index is 1060. The van der Waals surface area contributed by atoms with Crippen molar-refractivity contribution in [3.8, 4) is 0 Å². The predicted molar refractivity (Wildman–Crippen MR) is 98.7 cm³/mol. The van der Waals surface area contributed by atoms with E-state index in [9.17, 15) is 9.59 Å². The van der Waals surface area contributed by atoms with Gasteiger partial charge in [-0.25, -0.2) is 4.98 Å². The van der Waals surface area contributed by atoms with Gasteiger partial charge < -0.3 is 20.7 Å². The summed E-state index contributed by atoms with van der Waals surface area (Å²) in [5.41, 5.74) is 6.71. The van der Waals surface area contributed by atoms with Crippen LogP contribution in [0.3, 0.4) is 0 Å². The van der Waals surface area contributed by atoms with Crippen molar-refractivity contribution in [2.45, 2.75) is 33.1 Å². The average Bonchev–Trinajstić information content (AvgIpc) is 2.97. The van der Waals surface area contributed by atoms with E-state index in [1.54, 1.807) is 13.3 Å². The second-order valence-corrected chi connectivity index (χ2v) is 6.66. The highest BCUT2D eigenvalue weighted by Gasteiger charge is 2.19. The number of imidazole rings is 1. The SMILES string of the molecule is C=NC(/C=c1\[nH]c(=O)/c(=C/c2nc[nH]c2C(C)(C)C)[nH]c1=O)=C(/C)N. The van der Waals surface area contributed by atoms with Gasteiger partial charge >= 0.3 is 0 Å². The molecule has 25 heavy (non-hydrogen) atoms. The van der Waals surface area contributed by atoms with Crippen LogP contribution in [0.5, 0.6) is 0 Å². The largest absolute Gasteiger partial charge is 0.401 e. The van der Waals surface area contributed by atoms with E-state index in [2.05, 4.69) is 31.6 Å². The summed E-state index contributed by atoms with van der Waals surface area (Å²) < 4.78 is 0. The van der Waals surface area contributed by atoms with Gasteiger partial charge in [0.25, 0.3) is 11.1 Å². The van der Waals surface area contributed by atoms with Crippen LogP contribution in [0.4, 0.5) is 0 Å². The third-order valence-electron chi connectivity index (χ3n) is 3.54. The van der Waals surface area contributed by atoms with Gasteiger partial charge in [-0.15, -0.1) is 0 Å². The molecule has 5 N–H and O–H groups in total. The third kappa shape index (κ3) is 4.03. The topological polar surface area (TPSA) is 133 Å². The van der Waals surface area contributed by atoms with Crippen molar-refractivity contribution >= 4 is 18.9 Å². The monoisotopic (exact) mass is 342 g/mol. The van der Waals surface area contributed by atoms with Crippen LogP contribution in [-0.2, 0) is 5.41 Å². The second kappa shape index (κ2) is 6.76. The standard InChI is InChI=1S/C17H22N6O2/c1-9(18)10(19-5)6-12-15(24)23-13(16(25)22-12)7-11-14(17(2,3)4)21-8-20-11/h6-8H,5,18H2,1-4H3,(H,20,21)(H,22,25)(H,23,24)/b10-9-,12-6-,13-7-. The Kier molecular flexibility index (Phi) is 4.92. The summed E-state index contributed by atoms with van der Waals surface area (Å²) in [6, 6.07) is 0. The molecule has 8 heteroatoms. The van der Waals surface area contributed by atoms with E-state index in [0.717, 1.165) is 5.69 Å². The molecular formula is C17H22N6O2. The maximum atomic E-state index is 12.3. The number of allylic oxidation sites excluding steroid dienone is 2. The summed E-state index contributed by atoms with van der Waals surface area (Å²) in [7, 11) is 0. The zero-order valence-electron chi connectivity index (χ0n) is 14.7. The van der Waals surface area contributed by atoms with Crippen LogP contribution < -0.4 is 27.6 Å². The summed E-state index contributed by atoms with van der Waals surface area (Å²) in [6.07, 6.45) is 4.47. The van der Waals surface area contributed by atoms with E-state index in [-0.39, 0.29) is 16.1 Å². The van der Waals surface area contributed by atoms with Crippen molar-refractivity contribution in [2.24, 2.45) is 10.7 Å². The van der Waals surface area contributed by atoms with E-state index in [1.807, 2.05) is 20.8 Å². The Morgan fingerprint density at radius 2 is 1.84 bits per heavy atom. The molecule has 2 rings (SSSR count). The van der Waals surface area contributed by atoms with Crippen LogP contribution in [0, 0.1) is 0 Å². The Labute approximate surface area is 143 Å². The van der Waals surface area contributed by atoms with Crippen LogP contribution >= 0.6 is 0 Å². The zero-order chi connectivity index (χ0) is 18.8. The number of hydrogen-bond donors (Lipinski definition) is 4. The lowest BCUT2D eigenvalue weighted by Crippen LogP contribution is -2.46. The normalized spacial score (nSPS) is 14.6. The van der Waals surface area contributed by atoms with Crippen molar-refractivity contribution in [3.63, 3.8) is 0 Å². The molecule has 2 heterocycles. The highest BCUT2D eigenvalue weighted by molar-refractivity contribution is 5.50.